The van der Waals surface area contributed by atoms with Crippen LogP contribution in [0.15, 0.2) is 82.3 Å². The minimum atomic E-state index is -1.53. The maximum absolute atomic E-state index is 14.2. The summed E-state index contributed by atoms with van der Waals surface area (Å²) in [5.41, 5.74) is 5.84. The molecule has 3 aromatic rings. The highest BCUT2D eigenvalue weighted by atomic mass is 79.9. The number of esters is 1. The summed E-state index contributed by atoms with van der Waals surface area (Å²) in [6.45, 7) is 6.15. The summed E-state index contributed by atoms with van der Waals surface area (Å²) in [5.74, 6) is -0.0272. The summed E-state index contributed by atoms with van der Waals surface area (Å²) in [6, 6.07) is 21.9. The molecule has 1 aliphatic heterocycles. The van der Waals surface area contributed by atoms with Crippen LogP contribution in [-0.2, 0) is 25.6 Å². The van der Waals surface area contributed by atoms with E-state index < -0.39 is 29.1 Å². The van der Waals surface area contributed by atoms with Gasteiger partial charge in [0, 0.05) is 46.6 Å². The Kier molecular flexibility index (Phi) is 11.4. The molecule has 1 amide bonds. The van der Waals surface area contributed by atoms with Gasteiger partial charge in [0.05, 0.1) is 6.61 Å². The van der Waals surface area contributed by atoms with Gasteiger partial charge in [-0.1, -0.05) is 57.9 Å². The van der Waals surface area contributed by atoms with Crippen LogP contribution in [-0.4, -0.2) is 47.2 Å². The van der Waals surface area contributed by atoms with Crippen LogP contribution in [0, 0.1) is 0 Å². The third-order valence-electron chi connectivity index (χ3n) is 6.76. The molecule has 0 radical (unpaired) electrons. The minimum Gasteiger partial charge on any atom is -0.494 e. The number of hydrogen-bond donors (Lipinski definition) is 3. The average molecular weight is 687 g/mol. The van der Waals surface area contributed by atoms with Crippen molar-refractivity contribution in [1.29, 1.82) is 0 Å². The van der Waals surface area contributed by atoms with Crippen LogP contribution in [0.3, 0.4) is 0 Å². The van der Waals surface area contributed by atoms with E-state index in [0.717, 1.165) is 10.0 Å². The Hall–Kier alpha value is -3.44. The van der Waals surface area contributed by atoms with Crippen LogP contribution >= 0.6 is 27.5 Å². The fraction of sp³-hybridized carbons (Fsp3) is 0.364. The van der Waals surface area contributed by atoms with Gasteiger partial charge >= 0.3 is 5.97 Å². The van der Waals surface area contributed by atoms with Gasteiger partial charge in [0.2, 0.25) is 5.90 Å². The summed E-state index contributed by atoms with van der Waals surface area (Å²) in [5, 5.41) is 9.65. The Morgan fingerprint density at radius 3 is 2.43 bits per heavy atom. The number of amides is 1. The molecule has 0 aliphatic carbocycles. The number of aliphatic hydroxyl groups is 1. The first-order valence-corrected chi connectivity index (χ1v) is 15.5. The lowest BCUT2D eigenvalue weighted by Gasteiger charge is -2.31. The first-order valence-electron chi connectivity index (χ1n) is 14.4. The number of ether oxygens (including phenoxy) is 3. The third-order valence-corrected chi connectivity index (χ3v) is 7.73. The summed E-state index contributed by atoms with van der Waals surface area (Å²) in [6.07, 6.45) is -0.394. The van der Waals surface area contributed by atoms with Gasteiger partial charge in [-0.15, -0.1) is 0 Å². The topological polar surface area (TPSA) is 118 Å². The summed E-state index contributed by atoms with van der Waals surface area (Å²) < 4.78 is 18.5. The Bertz CT molecular complexity index is 1460. The molecule has 2 atom stereocenters. The van der Waals surface area contributed by atoms with Crippen molar-refractivity contribution in [3.63, 3.8) is 0 Å². The molecule has 0 saturated carbocycles. The second kappa shape index (κ2) is 15.0. The molecule has 0 fully saturated rings. The van der Waals surface area contributed by atoms with Crippen LogP contribution in [0.2, 0.25) is 5.02 Å². The van der Waals surface area contributed by atoms with E-state index in [9.17, 15) is 9.59 Å². The fourth-order valence-corrected chi connectivity index (χ4v) is 5.28. The Morgan fingerprint density at radius 2 is 1.77 bits per heavy atom. The van der Waals surface area contributed by atoms with Gasteiger partial charge in [-0.3, -0.25) is 15.0 Å². The molecule has 0 unspecified atom stereocenters. The highest BCUT2D eigenvalue weighted by Gasteiger charge is 2.54. The number of aliphatic imine (C=N–C) groups is 1. The molecule has 234 valence electrons. The number of carbonyl (C=O) groups excluding carboxylic acids is 2. The number of halogens is 2. The average Bonchev–Trinajstić information content (AvgIpc) is 3.37. The van der Waals surface area contributed by atoms with Crippen molar-refractivity contribution in [2.24, 2.45) is 4.99 Å². The van der Waals surface area contributed by atoms with Gasteiger partial charge in [-0.05, 0) is 75.2 Å². The molecule has 3 N–H and O–H groups in total. The van der Waals surface area contributed by atoms with Crippen molar-refractivity contribution in [3.05, 3.63) is 99.0 Å². The van der Waals surface area contributed by atoms with Crippen molar-refractivity contribution >= 4 is 45.3 Å². The smallest absolute Gasteiger partial charge is 0.306 e. The zero-order valence-corrected chi connectivity index (χ0v) is 27.3. The highest BCUT2D eigenvalue weighted by molar-refractivity contribution is 9.10. The van der Waals surface area contributed by atoms with E-state index in [0.29, 0.717) is 41.5 Å². The second-order valence-corrected chi connectivity index (χ2v) is 12.6. The maximum atomic E-state index is 14.2. The number of nitrogens with one attached hydrogen (secondary N) is 2. The predicted molar refractivity (Wildman–Crippen MR) is 172 cm³/mol. The maximum Gasteiger partial charge on any atom is 0.306 e. The predicted octanol–water partition coefficient (Wildman–Crippen LogP) is 6.06. The van der Waals surface area contributed by atoms with Crippen LogP contribution in [0.25, 0.3) is 0 Å². The van der Waals surface area contributed by atoms with Crippen LogP contribution < -0.4 is 15.6 Å². The van der Waals surface area contributed by atoms with E-state index in [-0.39, 0.29) is 25.3 Å². The molecule has 0 saturated heterocycles. The molecule has 1 aliphatic rings. The standard InChI is InChI=1S/C33H37BrClN3O6/c1-32(2,3)44-28(40)17-18-33(31(41)38-36-21-22-9-13-24(35)14-10-22)29(26-7-4-5-8-27(26)34)43-30(37-33)23-11-15-25(16-12-23)42-20-6-19-39/h4-5,7-16,29,36,39H,6,17-21H2,1-3H3,(H,38,41)/t29-,33-/m0/s1. The van der Waals surface area contributed by atoms with Crippen LogP contribution in [0.5, 0.6) is 5.75 Å². The quantitative estimate of drug-likeness (QED) is 0.114. The van der Waals surface area contributed by atoms with E-state index in [2.05, 4.69) is 26.8 Å². The van der Waals surface area contributed by atoms with Gasteiger partial charge in [-0.25, -0.2) is 10.4 Å². The Labute approximate surface area is 271 Å². The normalized spacial score (nSPS) is 17.9. The monoisotopic (exact) mass is 685 g/mol. The highest BCUT2D eigenvalue weighted by Crippen LogP contribution is 2.45. The van der Waals surface area contributed by atoms with Gasteiger partial charge in [0.15, 0.2) is 11.6 Å². The van der Waals surface area contributed by atoms with Crippen LogP contribution in [0.1, 0.15) is 62.8 Å². The van der Waals surface area contributed by atoms with Gasteiger partial charge in [0.25, 0.3) is 5.91 Å². The van der Waals surface area contributed by atoms with Crippen molar-refractivity contribution in [2.45, 2.75) is 63.8 Å². The van der Waals surface area contributed by atoms with Crippen molar-refractivity contribution in [1.82, 2.24) is 10.9 Å². The lowest BCUT2D eigenvalue weighted by molar-refractivity contribution is -0.155. The summed E-state index contributed by atoms with van der Waals surface area (Å²) in [7, 11) is 0. The molecule has 0 spiro atoms. The first kappa shape index (κ1) is 33.5. The molecule has 1 heterocycles. The number of nitrogens with zero attached hydrogens (tertiary/aromatic N) is 1. The van der Waals surface area contributed by atoms with Crippen LogP contribution in [0.4, 0.5) is 0 Å². The zero-order chi connectivity index (χ0) is 31.7. The molecule has 0 bridgehead atoms. The number of hydrazine groups is 1. The molecular formula is C33H37BrClN3O6. The van der Waals surface area contributed by atoms with E-state index in [4.69, 9.17) is 35.9 Å². The molecule has 11 heteroatoms. The third kappa shape index (κ3) is 8.81. The lowest BCUT2D eigenvalue weighted by atomic mass is 9.83. The second-order valence-electron chi connectivity index (χ2n) is 11.3. The minimum absolute atomic E-state index is 0.0221. The summed E-state index contributed by atoms with van der Waals surface area (Å²) in [4.78, 5) is 32.0. The molecule has 4 rings (SSSR count). The number of hydrogen-bond acceptors (Lipinski definition) is 8. The SMILES string of the molecule is CC(C)(C)OC(=O)CC[C@]1(C(=O)NNCc2ccc(Cl)cc2)N=C(c2ccc(OCCCO)cc2)O[C@H]1c1ccccc1Br. The number of benzene rings is 3. The van der Waals surface area contributed by atoms with E-state index >= 15 is 0 Å². The van der Waals surface area contributed by atoms with E-state index in [1.807, 2.05) is 36.4 Å². The van der Waals surface area contributed by atoms with Crippen molar-refractivity contribution < 1.29 is 28.9 Å². The van der Waals surface area contributed by atoms with E-state index in [1.54, 1.807) is 57.2 Å². The van der Waals surface area contributed by atoms with Crippen molar-refractivity contribution in [3.8, 4) is 5.75 Å². The molecule has 3 aromatic carbocycles. The molecule has 0 aromatic heterocycles. The van der Waals surface area contributed by atoms with Gasteiger partial charge in [0.1, 0.15) is 11.4 Å². The van der Waals surface area contributed by atoms with E-state index in [1.165, 1.54) is 0 Å². The lowest BCUT2D eigenvalue weighted by Crippen LogP contribution is -2.52. The zero-order valence-electron chi connectivity index (χ0n) is 24.9. The Balaban J connectivity index is 1.68. The number of rotatable bonds is 13. The molecular weight excluding hydrogens is 650 g/mol. The van der Waals surface area contributed by atoms with Gasteiger partial charge in [-0.2, -0.15) is 0 Å². The molecule has 44 heavy (non-hydrogen) atoms. The first-order chi connectivity index (χ1) is 21.0. The fourth-order valence-electron chi connectivity index (χ4n) is 4.66. The van der Waals surface area contributed by atoms with Crippen molar-refractivity contribution in [2.75, 3.05) is 13.2 Å². The Morgan fingerprint density at radius 1 is 1.07 bits per heavy atom. The summed E-state index contributed by atoms with van der Waals surface area (Å²) >= 11 is 9.63. The number of aliphatic hydroxyl groups excluding tert-OH is 1. The molecule has 9 nitrogen and oxygen atoms in total. The number of carbonyl (C=O) groups is 2. The van der Waals surface area contributed by atoms with Gasteiger partial charge < -0.3 is 19.3 Å². The largest absolute Gasteiger partial charge is 0.494 e.